The number of halogens is 3. The first-order chi connectivity index (χ1) is 9.53. The van der Waals surface area contributed by atoms with E-state index in [1.54, 1.807) is 20.8 Å². The molecule has 0 N–H and O–H groups in total. The quantitative estimate of drug-likeness (QED) is 0.633. The predicted octanol–water partition coefficient (Wildman–Crippen LogP) is 2.40. The summed E-state index contributed by atoms with van der Waals surface area (Å²) in [7, 11) is 0. The number of amides is 1. The minimum absolute atomic E-state index is 0.229. The molecule has 116 valence electrons. The third-order valence-electron chi connectivity index (χ3n) is 2.21. The molecular weight excluding hydrogens is 289 g/mol. The van der Waals surface area contributed by atoms with Crippen LogP contribution in [0, 0.1) is 0 Å². The van der Waals surface area contributed by atoms with E-state index < -0.39 is 29.9 Å². The molecule has 0 saturated carbocycles. The van der Waals surface area contributed by atoms with Crippen LogP contribution < -0.4 is 4.90 Å². The lowest BCUT2D eigenvalue weighted by Gasteiger charge is -2.22. The summed E-state index contributed by atoms with van der Waals surface area (Å²) in [4.78, 5) is 27.0. The van der Waals surface area contributed by atoms with Crippen molar-refractivity contribution < 1.29 is 27.5 Å². The van der Waals surface area contributed by atoms with E-state index in [1.165, 1.54) is 0 Å². The van der Waals surface area contributed by atoms with E-state index in [9.17, 15) is 22.8 Å². The third kappa shape index (κ3) is 5.41. The van der Waals surface area contributed by atoms with Crippen molar-refractivity contribution in [2.24, 2.45) is 0 Å². The molecule has 0 spiro atoms. The highest BCUT2D eigenvalue weighted by Crippen LogP contribution is 2.30. The van der Waals surface area contributed by atoms with Gasteiger partial charge in [-0.05, 0) is 32.9 Å². The maximum absolute atomic E-state index is 12.6. The number of esters is 1. The van der Waals surface area contributed by atoms with Crippen LogP contribution in [0.25, 0.3) is 0 Å². The molecule has 1 heterocycles. The Morgan fingerprint density at radius 3 is 2.48 bits per heavy atom. The fourth-order valence-electron chi connectivity index (χ4n) is 1.44. The van der Waals surface area contributed by atoms with Gasteiger partial charge in [-0.2, -0.15) is 13.2 Å². The van der Waals surface area contributed by atoms with Crippen LogP contribution in [0.4, 0.5) is 19.0 Å². The predicted molar refractivity (Wildman–Crippen MR) is 68.5 cm³/mol. The van der Waals surface area contributed by atoms with Crippen molar-refractivity contribution in [2.45, 2.75) is 32.5 Å². The minimum atomic E-state index is -4.56. The summed E-state index contributed by atoms with van der Waals surface area (Å²) in [5.74, 6) is -1.01. The molecule has 1 amide bonds. The van der Waals surface area contributed by atoms with Crippen LogP contribution in [-0.4, -0.2) is 29.5 Å². The summed E-state index contributed by atoms with van der Waals surface area (Å²) >= 11 is 0. The Kier molecular flexibility index (Phi) is 4.93. The largest absolute Gasteiger partial charge is 0.459 e. The fourth-order valence-corrected chi connectivity index (χ4v) is 1.44. The second-order valence-corrected chi connectivity index (χ2v) is 5.22. The Bertz CT molecular complexity index is 524. The van der Waals surface area contributed by atoms with E-state index in [1.807, 2.05) is 0 Å². The summed E-state index contributed by atoms with van der Waals surface area (Å²) in [6, 6.07) is 1.47. The van der Waals surface area contributed by atoms with Crippen molar-refractivity contribution >= 4 is 18.2 Å². The number of anilines is 1. The standard InChI is InChI=1S/C13H15F3N2O3/c1-12(2,3)21-11(20)7-18(8-19)10-6-9(4-5-17-10)13(14,15)16/h4-6,8H,7H2,1-3H3. The van der Waals surface area contributed by atoms with Gasteiger partial charge in [-0.1, -0.05) is 0 Å². The smallest absolute Gasteiger partial charge is 0.416 e. The number of carbonyl (C=O) groups is 2. The molecule has 0 aliphatic heterocycles. The highest BCUT2D eigenvalue weighted by atomic mass is 19.4. The van der Waals surface area contributed by atoms with E-state index >= 15 is 0 Å². The molecule has 0 radical (unpaired) electrons. The maximum atomic E-state index is 12.6. The SMILES string of the molecule is CC(C)(C)OC(=O)CN(C=O)c1cc(C(F)(F)F)ccn1. The van der Waals surface area contributed by atoms with Gasteiger partial charge in [0, 0.05) is 6.20 Å². The number of hydrogen-bond donors (Lipinski definition) is 0. The monoisotopic (exact) mass is 304 g/mol. The average Bonchev–Trinajstić information content (AvgIpc) is 2.33. The molecule has 0 unspecified atom stereocenters. The zero-order chi connectivity index (χ0) is 16.3. The molecule has 1 aromatic rings. The topological polar surface area (TPSA) is 59.5 Å². The second-order valence-electron chi connectivity index (χ2n) is 5.22. The number of carbonyl (C=O) groups excluding carboxylic acids is 2. The Balaban J connectivity index is 2.91. The molecule has 1 rings (SSSR count). The fraction of sp³-hybridized carbons (Fsp3) is 0.462. The van der Waals surface area contributed by atoms with Gasteiger partial charge in [0.15, 0.2) is 0 Å². The summed E-state index contributed by atoms with van der Waals surface area (Å²) < 4.78 is 42.8. The molecule has 0 bridgehead atoms. The van der Waals surface area contributed by atoms with Crippen molar-refractivity contribution in [3.63, 3.8) is 0 Å². The van der Waals surface area contributed by atoms with Crippen LogP contribution >= 0.6 is 0 Å². The van der Waals surface area contributed by atoms with Crippen molar-refractivity contribution in [1.82, 2.24) is 4.98 Å². The number of pyridine rings is 1. The summed E-state index contributed by atoms with van der Waals surface area (Å²) in [5, 5.41) is 0. The van der Waals surface area contributed by atoms with Gasteiger partial charge in [0.1, 0.15) is 18.0 Å². The Labute approximate surface area is 119 Å². The van der Waals surface area contributed by atoms with Crippen molar-refractivity contribution in [3.8, 4) is 0 Å². The van der Waals surface area contributed by atoms with Gasteiger partial charge in [0.05, 0.1) is 5.56 Å². The first-order valence-corrected chi connectivity index (χ1v) is 6.00. The van der Waals surface area contributed by atoms with Gasteiger partial charge >= 0.3 is 12.1 Å². The highest BCUT2D eigenvalue weighted by Gasteiger charge is 2.31. The van der Waals surface area contributed by atoms with E-state index in [0.29, 0.717) is 6.07 Å². The molecule has 0 aromatic carbocycles. The number of hydrogen-bond acceptors (Lipinski definition) is 4. The lowest BCUT2D eigenvalue weighted by Crippen LogP contribution is -2.34. The summed E-state index contributed by atoms with van der Waals surface area (Å²) in [6.07, 6.45) is -3.41. The number of rotatable bonds is 4. The second kappa shape index (κ2) is 6.11. The number of aromatic nitrogens is 1. The minimum Gasteiger partial charge on any atom is -0.459 e. The van der Waals surface area contributed by atoms with Crippen LogP contribution in [0.2, 0.25) is 0 Å². The number of alkyl halides is 3. The van der Waals surface area contributed by atoms with Gasteiger partial charge in [-0.15, -0.1) is 0 Å². The zero-order valence-electron chi connectivity index (χ0n) is 11.8. The van der Waals surface area contributed by atoms with Crippen LogP contribution in [0.5, 0.6) is 0 Å². The van der Waals surface area contributed by atoms with Crippen molar-refractivity contribution in [1.29, 1.82) is 0 Å². The van der Waals surface area contributed by atoms with Gasteiger partial charge in [0.2, 0.25) is 6.41 Å². The van der Waals surface area contributed by atoms with Gasteiger partial charge < -0.3 is 4.74 Å². The zero-order valence-corrected chi connectivity index (χ0v) is 11.8. The van der Waals surface area contributed by atoms with Crippen molar-refractivity contribution in [2.75, 3.05) is 11.4 Å². The molecule has 0 aliphatic carbocycles. The molecule has 8 heteroatoms. The van der Waals surface area contributed by atoms with E-state index in [-0.39, 0.29) is 12.2 Å². The Morgan fingerprint density at radius 1 is 1.38 bits per heavy atom. The van der Waals surface area contributed by atoms with Crippen LogP contribution in [-0.2, 0) is 20.5 Å². The Morgan fingerprint density at radius 2 is 2.00 bits per heavy atom. The molecule has 0 fully saturated rings. The van der Waals surface area contributed by atoms with E-state index in [0.717, 1.165) is 17.2 Å². The molecule has 0 aliphatic rings. The average molecular weight is 304 g/mol. The number of ether oxygens (including phenoxy) is 1. The van der Waals surface area contributed by atoms with E-state index in [2.05, 4.69) is 4.98 Å². The normalized spacial score (nSPS) is 11.9. The maximum Gasteiger partial charge on any atom is 0.416 e. The molecule has 5 nitrogen and oxygen atoms in total. The van der Waals surface area contributed by atoms with Gasteiger partial charge in [0.25, 0.3) is 0 Å². The third-order valence-corrected chi connectivity index (χ3v) is 2.21. The van der Waals surface area contributed by atoms with Gasteiger partial charge in [-0.3, -0.25) is 14.5 Å². The van der Waals surface area contributed by atoms with Crippen LogP contribution in [0.3, 0.4) is 0 Å². The van der Waals surface area contributed by atoms with Crippen LogP contribution in [0.15, 0.2) is 18.3 Å². The number of nitrogens with zero attached hydrogens (tertiary/aromatic N) is 2. The van der Waals surface area contributed by atoms with Gasteiger partial charge in [-0.25, -0.2) is 4.98 Å². The molecule has 1 aromatic heterocycles. The first kappa shape index (κ1) is 16.9. The lowest BCUT2D eigenvalue weighted by atomic mass is 10.2. The Hall–Kier alpha value is -2.12. The highest BCUT2D eigenvalue weighted by molar-refractivity contribution is 5.84. The molecule has 21 heavy (non-hydrogen) atoms. The van der Waals surface area contributed by atoms with Crippen molar-refractivity contribution in [3.05, 3.63) is 23.9 Å². The summed E-state index contributed by atoms with van der Waals surface area (Å²) in [5.41, 5.74) is -1.71. The summed E-state index contributed by atoms with van der Waals surface area (Å²) in [6.45, 7) is 4.39. The molecule has 0 atom stereocenters. The molecule has 0 saturated heterocycles. The first-order valence-electron chi connectivity index (χ1n) is 6.00. The van der Waals surface area contributed by atoms with Crippen LogP contribution in [0.1, 0.15) is 26.3 Å². The van der Waals surface area contributed by atoms with E-state index in [4.69, 9.17) is 4.74 Å². The lowest BCUT2D eigenvalue weighted by molar-refractivity contribution is -0.153. The molecular formula is C13H15F3N2O3.